The summed E-state index contributed by atoms with van der Waals surface area (Å²) in [5, 5.41) is 7.03. The van der Waals surface area contributed by atoms with Gasteiger partial charge in [0, 0.05) is 45.3 Å². The van der Waals surface area contributed by atoms with E-state index in [2.05, 4.69) is 39.5 Å². The van der Waals surface area contributed by atoms with Crippen LogP contribution in [0.15, 0.2) is 4.99 Å². The van der Waals surface area contributed by atoms with E-state index < -0.39 is 0 Å². The molecule has 0 bridgehead atoms. The molecule has 1 heterocycles. The lowest BCUT2D eigenvalue weighted by atomic mass is 10.2. The maximum atomic E-state index is 4.34. The van der Waals surface area contributed by atoms with E-state index in [1.54, 1.807) is 0 Å². The number of nitrogens with one attached hydrogen (secondary N) is 2. The SMILES string of the molecule is CN=C(NCC1CN(C)CCN1C)NC1CCCC1. The van der Waals surface area contributed by atoms with Crippen LogP contribution in [-0.4, -0.2) is 75.2 Å². The van der Waals surface area contributed by atoms with Gasteiger partial charge in [-0.15, -0.1) is 0 Å². The fraction of sp³-hybridized carbons (Fsp3) is 0.929. The van der Waals surface area contributed by atoms with Gasteiger partial charge in [-0.25, -0.2) is 0 Å². The van der Waals surface area contributed by atoms with Crippen LogP contribution in [0.2, 0.25) is 0 Å². The molecule has 1 atom stereocenters. The maximum Gasteiger partial charge on any atom is 0.191 e. The Kier molecular flexibility index (Phi) is 5.45. The Hall–Kier alpha value is -0.810. The van der Waals surface area contributed by atoms with Gasteiger partial charge in [-0.1, -0.05) is 12.8 Å². The van der Waals surface area contributed by atoms with Gasteiger partial charge in [0.15, 0.2) is 5.96 Å². The number of guanidine groups is 1. The van der Waals surface area contributed by atoms with Gasteiger partial charge in [0.2, 0.25) is 0 Å². The first-order valence-electron chi connectivity index (χ1n) is 7.55. The second kappa shape index (κ2) is 7.10. The van der Waals surface area contributed by atoms with Gasteiger partial charge >= 0.3 is 0 Å². The molecule has 0 amide bonds. The fourth-order valence-corrected chi connectivity index (χ4v) is 2.99. The molecule has 1 saturated carbocycles. The highest BCUT2D eigenvalue weighted by atomic mass is 15.3. The predicted octanol–water partition coefficient (Wildman–Crippen LogP) is 0.340. The van der Waals surface area contributed by atoms with Crippen molar-refractivity contribution >= 4 is 5.96 Å². The quantitative estimate of drug-likeness (QED) is 0.572. The minimum Gasteiger partial charge on any atom is -0.355 e. The van der Waals surface area contributed by atoms with Crippen LogP contribution in [0.1, 0.15) is 25.7 Å². The second-order valence-electron chi connectivity index (χ2n) is 5.98. The van der Waals surface area contributed by atoms with E-state index >= 15 is 0 Å². The van der Waals surface area contributed by atoms with Crippen LogP contribution in [0.4, 0.5) is 0 Å². The zero-order valence-electron chi connectivity index (χ0n) is 12.7. The molecule has 1 saturated heterocycles. The Labute approximate surface area is 117 Å². The van der Waals surface area contributed by atoms with Crippen molar-refractivity contribution in [3.63, 3.8) is 0 Å². The van der Waals surface area contributed by atoms with Gasteiger partial charge in [-0.2, -0.15) is 0 Å². The fourth-order valence-electron chi connectivity index (χ4n) is 2.99. The van der Waals surface area contributed by atoms with E-state index in [1.807, 2.05) is 7.05 Å². The van der Waals surface area contributed by atoms with Crippen LogP contribution < -0.4 is 10.6 Å². The third-order valence-electron chi connectivity index (χ3n) is 4.40. The van der Waals surface area contributed by atoms with Gasteiger partial charge in [0.1, 0.15) is 0 Å². The largest absolute Gasteiger partial charge is 0.355 e. The van der Waals surface area contributed by atoms with Gasteiger partial charge in [0.05, 0.1) is 0 Å². The van der Waals surface area contributed by atoms with E-state index in [4.69, 9.17) is 0 Å². The zero-order chi connectivity index (χ0) is 13.7. The summed E-state index contributed by atoms with van der Waals surface area (Å²) in [6.07, 6.45) is 5.27. The van der Waals surface area contributed by atoms with Crippen molar-refractivity contribution in [3.05, 3.63) is 0 Å². The summed E-state index contributed by atoms with van der Waals surface area (Å²) in [5.74, 6) is 0.966. The molecule has 110 valence electrons. The van der Waals surface area contributed by atoms with Gasteiger partial charge in [-0.05, 0) is 26.9 Å². The standard InChI is InChI=1S/C14H29N5/c1-15-14(17-12-6-4-5-7-12)16-10-13-11-18(2)8-9-19(13)3/h12-13H,4-11H2,1-3H3,(H2,15,16,17). The molecule has 1 aliphatic carbocycles. The molecule has 1 aliphatic heterocycles. The average molecular weight is 267 g/mol. The van der Waals surface area contributed by atoms with Crippen molar-refractivity contribution in [3.8, 4) is 0 Å². The Morgan fingerprint density at radius 2 is 1.95 bits per heavy atom. The lowest BCUT2D eigenvalue weighted by Gasteiger charge is -2.38. The molecular weight excluding hydrogens is 238 g/mol. The number of likely N-dealkylation sites (N-methyl/N-ethyl adjacent to an activating group) is 2. The number of nitrogens with zero attached hydrogens (tertiary/aromatic N) is 3. The maximum absolute atomic E-state index is 4.34. The number of hydrogen-bond donors (Lipinski definition) is 2. The summed E-state index contributed by atoms with van der Waals surface area (Å²) < 4.78 is 0. The Morgan fingerprint density at radius 1 is 1.21 bits per heavy atom. The highest BCUT2D eigenvalue weighted by Crippen LogP contribution is 2.17. The van der Waals surface area contributed by atoms with Crippen LogP contribution >= 0.6 is 0 Å². The van der Waals surface area contributed by atoms with Crippen molar-refractivity contribution in [1.82, 2.24) is 20.4 Å². The average Bonchev–Trinajstić information content (AvgIpc) is 2.91. The molecule has 2 rings (SSSR count). The first kappa shape index (κ1) is 14.6. The summed E-state index contributed by atoms with van der Waals surface area (Å²) in [6, 6.07) is 1.19. The summed E-state index contributed by atoms with van der Waals surface area (Å²) in [6.45, 7) is 4.41. The molecule has 0 aromatic carbocycles. The lowest BCUT2D eigenvalue weighted by molar-refractivity contribution is 0.116. The van der Waals surface area contributed by atoms with Crippen molar-refractivity contribution in [1.29, 1.82) is 0 Å². The van der Waals surface area contributed by atoms with Crippen LogP contribution in [0, 0.1) is 0 Å². The highest BCUT2D eigenvalue weighted by molar-refractivity contribution is 5.80. The topological polar surface area (TPSA) is 42.9 Å². The molecule has 0 spiro atoms. The molecule has 0 aromatic rings. The van der Waals surface area contributed by atoms with E-state index in [0.29, 0.717) is 12.1 Å². The minimum atomic E-state index is 0.570. The van der Waals surface area contributed by atoms with Crippen molar-refractivity contribution < 1.29 is 0 Å². The second-order valence-corrected chi connectivity index (χ2v) is 5.98. The minimum absolute atomic E-state index is 0.570. The van der Waals surface area contributed by atoms with E-state index in [1.165, 1.54) is 32.2 Å². The Balaban J connectivity index is 1.75. The molecule has 5 heteroatoms. The molecular formula is C14H29N5. The smallest absolute Gasteiger partial charge is 0.191 e. The summed E-state index contributed by atoms with van der Waals surface area (Å²) >= 11 is 0. The monoisotopic (exact) mass is 267 g/mol. The Bertz CT molecular complexity index is 298. The zero-order valence-corrected chi connectivity index (χ0v) is 12.7. The molecule has 0 aromatic heterocycles. The lowest BCUT2D eigenvalue weighted by Crippen LogP contribution is -2.55. The number of hydrogen-bond acceptors (Lipinski definition) is 3. The molecule has 0 radical (unpaired) electrons. The number of rotatable bonds is 3. The summed E-state index contributed by atoms with van der Waals surface area (Å²) in [4.78, 5) is 9.18. The van der Waals surface area contributed by atoms with Crippen molar-refractivity contribution in [2.24, 2.45) is 4.99 Å². The normalized spacial score (nSPS) is 27.7. The van der Waals surface area contributed by atoms with Crippen LogP contribution in [0.25, 0.3) is 0 Å². The first-order valence-corrected chi connectivity index (χ1v) is 7.55. The van der Waals surface area contributed by atoms with Crippen LogP contribution in [-0.2, 0) is 0 Å². The molecule has 19 heavy (non-hydrogen) atoms. The molecule has 1 unspecified atom stereocenters. The highest BCUT2D eigenvalue weighted by Gasteiger charge is 2.22. The third-order valence-corrected chi connectivity index (χ3v) is 4.40. The predicted molar refractivity (Wildman–Crippen MR) is 80.7 cm³/mol. The van der Waals surface area contributed by atoms with Crippen molar-refractivity contribution in [2.75, 3.05) is 47.3 Å². The van der Waals surface area contributed by atoms with Gasteiger partial charge < -0.3 is 15.5 Å². The van der Waals surface area contributed by atoms with E-state index in [9.17, 15) is 0 Å². The van der Waals surface area contributed by atoms with E-state index in [-0.39, 0.29) is 0 Å². The van der Waals surface area contributed by atoms with Crippen LogP contribution in [0.3, 0.4) is 0 Å². The molecule has 2 aliphatic rings. The van der Waals surface area contributed by atoms with Gasteiger partial charge in [0.25, 0.3) is 0 Å². The Morgan fingerprint density at radius 3 is 2.63 bits per heavy atom. The molecule has 5 nitrogen and oxygen atoms in total. The first-order chi connectivity index (χ1) is 9.19. The number of aliphatic imine (C=N–C) groups is 1. The molecule has 2 N–H and O–H groups in total. The summed E-state index contributed by atoms with van der Waals surface area (Å²) in [7, 11) is 6.28. The van der Waals surface area contributed by atoms with Crippen LogP contribution in [0.5, 0.6) is 0 Å². The van der Waals surface area contributed by atoms with Crippen molar-refractivity contribution in [2.45, 2.75) is 37.8 Å². The third kappa shape index (κ3) is 4.35. The van der Waals surface area contributed by atoms with E-state index in [0.717, 1.165) is 25.6 Å². The van der Waals surface area contributed by atoms with Gasteiger partial charge in [-0.3, -0.25) is 9.89 Å². The molecule has 2 fully saturated rings. The summed E-state index contributed by atoms with van der Waals surface area (Å²) in [5.41, 5.74) is 0. The number of piperazine rings is 1.